The number of amides is 1. The van der Waals surface area contributed by atoms with Gasteiger partial charge in [0.05, 0.1) is 5.75 Å². The number of nitrogens with zero attached hydrogens (tertiary/aromatic N) is 3. The number of thioether (sulfide) groups is 1. The molecule has 1 aromatic heterocycles. The van der Waals surface area contributed by atoms with Gasteiger partial charge in [-0.1, -0.05) is 37.2 Å². The van der Waals surface area contributed by atoms with E-state index in [-0.39, 0.29) is 12.5 Å². The van der Waals surface area contributed by atoms with Crippen LogP contribution in [0.1, 0.15) is 31.7 Å². The van der Waals surface area contributed by atoms with E-state index in [2.05, 4.69) is 29.0 Å². The van der Waals surface area contributed by atoms with Crippen LogP contribution < -0.4 is 4.74 Å². The van der Waals surface area contributed by atoms with Crippen LogP contribution in [0, 0.1) is 18.8 Å². The van der Waals surface area contributed by atoms with Crippen LogP contribution >= 0.6 is 23.4 Å². The number of ether oxygens (including phenoxy) is 1. The number of aromatic nitrogens is 3. The average molecular weight is 409 g/mol. The van der Waals surface area contributed by atoms with Crippen molar-refractivity contribution in [2.24, 2.45) is 11.8 Å². The van der Waals surface area contributed by atoms with Crippen LogP contribution in [0.25, 0.3) is 0 Å². The second kappa shape index (κ2) is 8.97. The first kappa shape index (κ1) is 20.0. The second-order valence-electron chi connectivity index (χ2n) is 7.30. The number of carbonyl (C=O) groups excluding carboxylic acids is 1. The fourth-order valence-electron chi connectivity index (χ4n) is 3.35. The van der Waals surface area contributed by atoms with Crippen LogP contribution in [-0.4, -0.2) is 44.8 Å². The number of likely N-dealkylation sites (tertiary alicyclic amines) is 1. The number of aryl methyl sites for hydroxylation is 1. The number of benzene rings is 1. The maximum Gasteiger partial charge on any atom is 0.233 e. The zero-order chi connectivity index (χ0) is 19.4. The van der Waals surface area contributed by atoms with Crippen molar-refractivity contribution in [2.45, 2.75) is 39.0 Å². The van der Waals surface area contributed by atoms with E-state index in [1.807, 2.05) is 30.0 Å². The van der Waals surface area contributed by atoms with Gasteiger partial charge in [-0.15, -0.1) is 5.10 Å². The lowest BCUT2D eigenvalue weighted by molar-refractivity contribution is -0.130. The van der Waals surface area contributed by atoms with E-state index < -0.39 is 0 Å². The summed E-state index contributed by atoms with van der Waals surface area (Å²) in [5.74, 6) is 2.98. The van der Waals surface area contributed by atoms with Gasteiger partial charge in [0.25, 0.3) is 0 Å². The summed E-state index contributed by atoms with van der Waals surface area (Å²) in [5.41, 5.74) is 0.961. The molecule has 0 unspecified atom stereocenters. The van der Waals surface area contributed by atoms with Gasteiger partial charge in [-0.05, 0) is 48.9 Å². The largest absolute Gasteiger partial charge is 0.486 e. The first-order valence-corrected chi connectivity index (χ1v) is 10.5. The third-order valence-corrected chi connectivity index (χ3v) is 5.82. The molecule has 1 N–H and O–H groups in total. The lowest BCUT2D eigenvalue weighted by atomic mass is 9.92. The second-order valence-corrected chi connectivity index (χ2v) is 8.65. The average Bonchev–Trinajstić information content (AvgIpc) is 3.08. The molecular weight excluding hydrogens is 384 g/mol. The molecule has 1 saturated heterocycles. The Morgan fingerprint density at radius 3 is 2.81 bits per heavy atom. The van der Waals surface area contributed by atoms with Gasteiger partial charge in [0.15, 0.2) is 5.82 Å². The number of carbonyl (C=O) groups is 1. The van der Waals surface area contributed by atoms with Crippen LogP contribution in [-0.2, 0) is 11.4 Å². The molecule has 0 radical (unpaired) electrons. The maximum atomic E-state index is 12.4. The van der Waals surface area contributed by atoms with Crippen LogP contribution in [0.5, 0.6) is 5.75 Å². The Hall–Kier alpha value is -1.73. The summed E-state index contributed by atoms with van der Waals surface area (Å²) in [4.78, 5) is 18.8. The molecule has 2 atom stereocenters. The minimum Gasteiger partial charge on any atom is -0.486 e. The predicted octanol–water partition coefficient (Wildman–Crippen LogP) is 3.94. The van der Waals surface area contributed by atoms with Gasteiger partial charge in [0.2, 0.25) is 11.1 Å². The molecule has 0 saturated carbocycles. The smallest absolute Gasteiger partial charge is 0.233 e. The first-order chi connectivity index (χ1) is 12.9. The number of H-pyrrole nitrogens is 1. The summed E-state index contributed by atoms with van der Waals surface area (Å²) >= 11 is 7.37. The minimum atomic E-state index is 0.151. The fourth-order valence-corrected chi connectivity index (χ4v) is 4.19. The monoisotopic (exact) mass is 408 g/mol. The normalized spacial score (nSPS) is 19.9. The highest BCUT2D eigenvalue weighted by molar-refractivity contribution is 7.99. The Kier molecular flexibility index (Phi) is 6.65. The third-order valence-electron chi connectivity index (χ3n) is 4.56. The Labute approximate surface area is 169 Å². The molecule has 3 rings (SSSR count). The highest BCUT2D eigenvalue weighted by atomic mass is 35.5. The van der Waals surface area contributed by atoms with E-state index in [1.54, 1.807) is 0 Å². The molecule has 1 amide bonds. The van der Waals surface area contributed by atoms with Crippen molar-refractivity contribution < 1.29 is 9.53 Å². The molecule has 0 bridgehead atoms. The van der Waals surface area contributed by atoms with Gasteiger partial charge >= 0.3 is 0 Å². The molecule has 1 aromatic carbocycles. The number of nitrogens with one attached hydrogen (secondary N) is 1. The molecule has 146 valence electrons. The molecule has 2 heterocycles. The number of hydrogen-bond acceptors (Lipinski definition) is 5. The number of piperidine rings is 1. The molecule has 0 aliphatic carbocycles. The molecule has 8 heteroatoms. The lowest BCUT2D eigenvalue weighted by Gasteiger charge is -2.34. The minimum absolute atomic E-state index is 0.151. The van der Waals surface area contributed by atoms with Crippen LogP contribution in [0.15, 0.2) is 23.4 Å². The molecule has 27 heavy (non-hydrogen) atoms. The number of hydrogen-bond donors (Lipinski definition) is 1. The van der Waals surface area contributed by atoms with Crippen molar-refractivity contribution in [3.8, 4) is 5.75 Å². The van der Waals surface area contributed by atoms with E-state index in [9.17, 15) is 4.79 Å². The molecule has 1 fully saturated rings. The van der Waals surface area contributed by atoms with E-state index >= 15 is 0 Å². The molecule has 1 aliphatic rings. The lowest BCUT2D eigenvalue weighted by Crippen LogP contribution is -2.43. The van der Waals surface area contributed by atoms with Crippen molar-refractivity contribution >= 4 is 29.3 Å². The molecule has 1 aliphatic heterocycles. The Balaban J connectivity index is 1.47. The highest BCUT2D eigenvalue weighted by Crippen LogP contribution is 2.23. The predicted molar refractivity (Wildman–Crippen MR) is 107 cm³/mol. The summed E-state index contributed by atoms with van der Waals surface area (Å²) in [7, 11) is 0. The van der Waals surface area contributed by atoms with E-state index in [4.69, 9.17) is 16.3 Å². The number of aromatic amines is 1. The van der Waals surface area contributed by atoms with Gasteiger partial charge in [-0.25, -0.2) is 4.98 Å². The molecule has 6 nitrogen and oxygen atoms in total. The standard InChI is InChI=1S/C19H25ClN4O2S/c1-12-6-13(2)9-24(8-12)18(25)11-27-19-21-17(22-23-19)10-26-15-4-5-16(20)14(3)7-15/h4-5,7,12-13H,6,8-11H2,1-3H3,(H,21,22,23)/t12-,13-/m0/s1. The zero-order valence-corrected chi connectivity index (χ0v) is 17.4. The molecular formula is C19H25ClN4O2S. The van der Waals surface area contributed by atoms with Gasteiger partial charge in [0.1, 0.15) is 12.4 Å². The van der Waals surface area contributed by atoms with E-state index in [0.717, 1.165) is 24.4 Å². The van der Waals surface area contributed by atoms with Crippen LogP contribution in [0.2, 0.25) is 5.02 Å². The van der Waals surface area contributed by atoms with Gasteiger partial charge in [0, 0.05) is 18.1 Å². The summed E-state index contributed by atoms with van der Waals surface area (Å²) < 4.78 is 5.71. The Bertz CT molecular complexity index is 788. The number of halogens is 1. The fraction of sp³-hybridized carbons (Fsp3) is 0.526. The maximum absolute atomic E-state index is 12.4. The topological polar surface area (TPSA) is 71.1 Å². The van der Waals surface area contributed by atoms with Crippen molar-refractivity contribution in [3.05, 3.63) is 34.6 Å². The molecule has 0 spiro atoms. The van der Waals surface area contributed by atoms with E-state index in [0.29, 0.717) is 33.6 Å². The quantitative estimate of drug-likeness (QED) is 0.733. The van der Waals surface area contributed by atoms with Gasteiger partial charge < -0.3 is 9.64 Å². The summed E-state index contributed by atoms with van der Waals surface area (Å²) in [5, 5.41) is 8.30. The molecule has 2 aromatic rings. The van der Waals surface area contributed by atoms with Gasteiger partial charge in [-0.3, -0.25) is 9.89 Å². The highest BCUT2D eigenvalue weighted by Gasteiger charge is 2.25. The van der Waals surface area contributed by atoms with Crippen LogP contribution in [0.4, 0.5) is 0 Å². The van der Waals surface area contributed by atoms with E-state index in [1.165, 1.54) is 18.2 Å². The summed E-state index contributed by atoms with van der Waals surface area (Å²) in [6.07, 6.45) is 1.19. The third kappa shape index (κ3) is 5.62. The van der Waals surface area contributed by atoms with Crippen molar-refractivity contribution in [2.75, 3.05) is 18.8 Å². The zero-order valence-electron chi connectivity index (χ0n) is 15.9. The van der Waals surface area contributed by atoms with Crippen molar-refractivity contribution in [1.82, 2.24) is 20.1 Å². The Morgan fingerprint density at radius 1 is 1.37 bits per heavy atom. The SMILES string of the molecule is Cc1cc(OCc2nc(SCC(=O)N3C[C@@H](C)C[C@H](C)C3)n[nH]2)ccc1Cl. The van der Waals surface area contributed by atoms with Crippen LogP contribution in [0.3, 0.4) is 0 Å². The van der Waals surface area contributed by atoms with Crippen molar-refractivity contribution in [3.63, 3.8) is 0 Å². The van der Waals surface area contributed by atoms with Crippen molar-refractivity contribution in [1.29, 1.82) is 0 Å². The van der Waals surface area contributed by atoms with Gasteiger partial charge in [-0.2, -0.15) is 0 Å². The summed E-state index contributed by atoms with van der Waals surface area (Å²) in [6.45, 7) is 8.30. The number of rotatable bonds is 6. The summed E-state index contributed by atoms with van der Waals surface area (Å²) in [6, 6.07) is 5.51. The Morgan fingerprint density at radius 2 is 2.11 bits per heavy atom. The first-order valence-electron chi connectivity index (χ1n) is 9.11.